The molecule has 1 heterocycles. The Morgan fingerprint density at radius 3 is 2.25 bits per heavy atom. The van der Waals surface area contributed by atoms with Gasteiger partial charge in [0.2, 0.25) is 0 Å². The highest BCUT2D eigenvalue weighted by Gasteiger charge is 2.60. The number of benzene rings is 1. The first kappa shape index (κ1) is 13.3. The van der Waals surface area contributed by atoms with Crippen LogP contribution in [0.5, 0.6) is 0 Å². The van der Waals surface area contributed by atoms with Crippen LogP contribution >= 0.6 is 0 Å². The average molecular weight is 272 g/mol. The van der Waals surface area contributed by atoms with Gasteiger partial charge in [-0.25, -0.2) is 0 Å². The summed E-state index contributed by atoms with van der Waals surface area (Å²) in [5, 5.41) is 0. The van der Waals surface area contributed by atoms with Crippen molar-refractivity contribution in [3.8, 4) is 0 Å². The van der Waals surface area contributed by atoms with E-state index in [4.69, 9.17) is 4.74 Å². The largest absolute Gasteiger partial charge is 0.456 e. The zero-order valence-corrected chi connectivity index (χ0v) is 12.0. The molecule has 2 fully saturated rings. The highest BCUT2D eigenvalue weighted by Crippen LogP contribution is 2.56. The fourth-order valence-corrected chi connectivity index (χ4v) is 3.71. The molecule has 1 aromatic rings. The van der Waals surface area contributed by atoms with E-state index in [1.165, 1.54) is 0 Å². The van der Waals surface area contributed by atoms with Gasteiger partial charge in [0.15, 0.2) is 5.78 Å². The number of hydrogen-bond donors (Lipinski definition) is 0. The topological polar surface area (TPSA) is 43.4 Å². The van der Waals surface area contributed by atoms with Gasteiger partial charge in [0.1, 0.15) is 11.5 Å². The Balaban J connectivity index is 2.09. The molecule has 0 radical (unpaired) electrons. The zero-order valence-electron chi connectivity index (χ0n) is 12.0. The van der Waals surface area contributed by atoms with Gasteiger partial charge in [-0.1, -0.05) is 43.2 Å². The molecule has 1 atom stereocenters. The molecule has 20 heavy (non-hydrogen) atoms. The van der Waals surface area contributed by atoms with Crippen molar-refractivity contribution in [2.24, 2.45) is 10.8 Å². The highest BCUT2D eigenvalue weighted by molar-refractivity contribution is 6.08. The molecule has 1 saturated carbocycles. The summed E-state index contributed by atoms with van der Waals surface area (Å²) in [7, 11) is 0. The van der Waals surface area contributed by atoms with Crippen molar-refractivity contribution in [3.63, 3.8) is 0 Å². The van der Waals surface area contributed by atoms with Crippen molar-refractivity contribution in [1.82, 2.24) is 0 Å². The lowest BCUT2D eigenvalue weighted by molar-refractivity contribution is -0.189. The summed E-state index contributed by atoms with van der Waals surface area (Å²) in [4.78, 5) is 25.2. The van der Waals surface area contributed by atoms with Gasteiger partial charge in [0.25, 0.3) is 0 Å². The van der Waals surface area contributed by atoms with Gasteiger partial charge in [-0.15, -0.1) is 0 Å². The summed E-state index contributed by atoms with van der Waals surface area (Å²) >= 11 is 0. The molecule has 1 spiro atoms. The van der Waals surface area contributed by atoms with E-state index in [0.29, 0.717) is 0 Å². The molecule has 1 aromatic carbocycles. The first-order valence-electron chi connectivity index (χ1n) is 7.29. The van der Waals surface area contributed by atoms with Crippen molar-refractivity contribution in [2.45, 2.75) is 45.6 Å². The Labute approximate surface area is 119 Å². The maximum atomic E-state index is 13.0. The molecule has 0 aromatic heterocycles. The van der Waals surface area contributed by atoms with Crippen molar-refractivity contribution < 1.29 is 14.3 Å². The van der Waals surface area contributed by atoms with Gasteiger partial charge < -0.3 is 4.74 Å². The Morgan fingerprint density at radius 2 is 1.65 bits per heavy atom. The fourth-order valence-electron chi connectivity index (χ4n) is 3.71. The lowest BCUT2D eigenvalue weighted by Gasteiger charge is -2.45. The van der Waals surface area contributed by atoms with E-state index in [9.17, 15) is 9.59 Å². The normalized spacial score (nSPS) is 27.6. The van der Waals surface area contributed by atoms with Crippen LogP contribution in [-0.2, 0) is 14.3 Å². The first-order chi connectivity index (χ1) is 9.48. The van der Waals surface area contributed by atoms with Gasteiger partial charge in [-0.3, -0.25) is 9.59 Å². The average Bonchev–Trinajstić information content (AvgIpc) is 2.93. The Kier molecular flexibility index (Phi) is 2.96. The van der Waals surface area contributed by atoms with Gasteiger partial charge in [0.05, 0.1) is 5.41 Å². The summed E-state index contributed by atoms with van der Waals surface area (Å²) in [5.74, 6) is -0.332. The Hall–Kier alpha value is -1.64. The van der Waals surface area contributed by atoms with Gasteiger partial charge in [0, 0.05) is 0 Å². The van der Waals surface area contributed by atoms with Crippen molar-refractivity contribution in [1.29, 1.82) is 0 Å². The number of hydrogen-bond acceptors (Lipinski definition) is 3. The van der Waals surface area contributed by atoms with E-state index in [1.807, 2.05) is 30.3 Å². The third kappa shape index (κ3) is 1.72. The number of cyclic esters (lactones) is 1. The SMILES string of the molecule is CC1(C)C(=O)O[C@H](c2ccccc2)C2(CCCC2)C1=O. The molecule has 1 aliphatic carbocycles. The molecule has 3 rings (SSSR count). The molecule has 1 aliphatic heterocycles. The molecular weight excluding hydrogens is 252 g/mol. The fraction of sp³-hybridized carbons (Fsp3) is 0.529. The predicted molar refractivity (Wildman–Crippen MR) is 75.0 cm³/mol. The summed E-state index contributed by atoms with van der Waals surface area (Å²) in [6.07, 6.45) is 3.29. The summed E-state index contributed by atoms with van der Waals surface area (Å²) in [6.45, 7) is 3.39. The lowest BCUT2D eigenvalue weighted by Crippen LogP contribution is -2.53. The summed E-state index contributed by atoms with van der Waals surface area (Å²) in [5.41, 5.74) is -0.597. The smallest absolute Gasteiger partial charge is 0.319 e. The van der Waals surface area contributed by atoms with Crippen LogP contribution in [0, 0.1) is 10.8 Å². The number of Topliss-reactive ketones (excluding diaryl/α,β-unsaturated/α-hetero) is 1. The van der Waals surface area contributed by atoms with Crippen LogP contribution < -0.4 is 0 Å². The lowest BCUT2D eigenvalue weighted by atomic mass is 9.64. The third-order valence-corrected chi connectivity index (χ3v) is 4.86. The molecule has 1 saturated heterocycles. The number of carbonyl (C=O) groups is 2. The second kappa shape index (κ2) is 4.44. The quantitative estimate of drug-likeness (QED) is 0.581. The van der Waals surface area contributed by atoms with Crippen LogP contribution in [0.1, 0.15) is 51.2 Å². The standard InChI is InChI=1S/C17H20O3/c1-16(2)14(18)17(10-6-7-11-17)13(20-15(16)19)12-8-4-3-5-9-12/h3-5,8-9,13H,6-7,10-11H2,1-2H3/t13-/m1/s1. The molecule has 0 unspecified atom stereocenters. The number of carbonyl (C=O) groups excluding carboxylic acids is 2. The molecule has 0 amide bonds. The van der Waals surface area contributed by atoms with Gasteiger partial charge >= 0.3 is 5.97 Å². The molecule has 106 valence electrons. The summed E-state index contributed by atoms with van der Waals surface area (Å²) in [6, 6.07) is 9.68. The van der Waals surface area contributed by atoms with Gasteiger partial charge in [-0.05, 0) is 32.3 Å². The van der Waals surface area contributed by atoms with E-state index in [2.05, 4.69) is 0 Å². The molecular formula is C17H20O3. The third-order valence-electron chi connectivity index (χ3n) is 4.86. The van der Waals surface area contributed by atoms with E-state index >= 15 is 0 Å². The maximum absolute atomic E-state index is 13.0. The number of ketones is 1. The monoisotopic (exact) mass is 272 g/mol. The maximum Gasteiger partial charge on any atom is 0.319 e. The van der Waals surface area contributed by atoms with Crippen LogP contribution in [-0.4, -0.2) is 11.8 Å². The van der Waals surface area contributed by atoms with Crippen LogP contribution in [0.25, 0.3) is 0 Å². The van der Waals surface area contributed by atoms with Crippen LogP contribution in [0.4, 0.5) is 0 Å². The van der Waals surface area contributed by atoms with Gasteiger partial charge in [-0.2, -0.15) is 0 Å². The molecule has 2 aliphatic rings. The van der Waals surface area contributed by atoms with Crippen molar-refractivity contribution >= 4 is 11.8 Å². The minimum atomic E-state index is -1.02. The Morgan fingerprint density at radius 1 is 1.05 bits per heavy atom. The van der Waals surface area contributed by atoms with E-state index in [0.717, 1.165) is 31.2 Å². The number of rotatable bonds is 1. The van der Waals surface area contributed by atoms with E-state index in [-0.39, 0.29) is 5.78 Å². The zero-order chi connectivity index (χ0) is 14.4. The molecule has 3 heteroatoms. The van der Waals surface area contributed by atoms with Crippen molar-refractivity contribution in [3.05, 3.63) is 35.9 Å². The molecule has 0 N–H and O–H groups in total. The Bertz CT molecular complexity index is 539. The highest BCUT2D eigenvalue weighted by atomic mass is 16.5. The number of ether oxygens (including phenoxy) is 1. The first-order valence-corrected chi connectivity index (χ1v) is 7.29. The van der Waals surface area contributed by atoms with Crippen LogP contribution in [0.3, 0.4) is 0 Å². The molecule has 3 nitrogen and oxygen atoms in total. The number of esters is 1. The van der Waals surface area contributed by atoms with Crippen LogP contribution in [0.15, 0.2) is 30.3 Å². The second-order valence-electron chi connectivity index (χ2n) is 6.51. The van der Waals surface area contributed by atoms with E-state index in [1.54, 1.807) is 13.8 Å². The van der Waals surface area contributed by atoms with Crippen molar-refractivity contribution in [2.75, 3.05) is 0 Å². The molecule has 0 bridgehead atoms. The van der Waals surface area contributed by atoms with E-state index < -0.39 is 22.9 Å². The summed E-state index contributed by atoms with van der Waals surface area (Å²) < 4.78 is 5.74. The van der Waals surface area contributed by atoms with Crippen LogP contribution in [0.2, 0.25) is 0 Å². The predicted octanol–water partition coefficient (Wildman–Crippen LogP) is 3.44. The second-order valence-corrected chi connectivity index (χ2v) is 6.51. The minimum Gasteiger partial charge on any atom is -0.456 e. The minimum absolute atomic E-state index is 0.0626.